The van der Waals surface area contributed by atoms with E-state index in [1.54, 1.807) is 6.07 Å². The van der Waals surface area contributed by atoms with Gasteiger partial charge in [-0.25, -0.2) is 4.63 Å². The van der Waals surface area contributed by atoms with Crippen molar-refractivity contribution < 1.29 is 18.9 Å². The van der Waals surface area contributed by atoms with Crippen molar-refractivity contribution in [3.8, 4) is 0 Å². The topological polar surface area (TPSA) is 101 Å². The lowest BCUT2D eigenvalue weighted by Crippen LogP contribution is -2.41. The highest BCUT2D eigenvalue weighted by molar-refractivity contribution is 6.65. The van der Waals surface area contributed by atoms with Crippen molar-refractivity contribution in [1.29, 1.82) is 0 Å². The van der Waals surface area contributed by atoms with E-state index in [0.717, 1.165) is 0 Å². The summed E-state index contributed by atoms with van der Waals surface area (Å²) in [7, 11) is -0.676. The molecule has 0 atom stereocenters. The Balaban J connectivity index is 2.10. The molecule has 1 aromatic heterocycles. The van der Waals surface area contributed by atoms with Crippen LogP contribution in [0.25, 0.3) is 11.0 Å². The van der Waals surface area contributed by atoms with E-state index >= 15 is 0 Å². The maximum absolute atomic E-state index is 11.0. The van der Waals surface area contributed by atoms with Crippen molar-refractivity contribution in [1.82, 2.24) is 10.3 Å². The van der Waals surface area contributed by atoms with Crippen LogP contribution in [-0.4, -0.2) is 33.6 Å². The summed E-state index contributed by atoms with van der Waals surface area (Å²) in [4.78, 5) is 10.5. The third-order valence-electron chi connectivity index (χ3n) is 4.13. The minimum Gasteiger partial charge on any atom is -0.399 e. The molecule has 2 heterocycles. The van der Waals surface area contributed by atoms with Crippen molar-refractivity contribution in [3.63, 3.8) is 0 Å². The fourth-order valence-electron chi connectivity index (χ4n) is 2.18. The smallest absolute Gasteiger partial charge is 0.399 e. The van der Waals surface area contributed by atoms with E-state index in [0.29, 0.717) is 5.46 Å². The molecule has 1 aliphatic rings. The van der Waals surface area contributed by atoms with Gasteiger partial charge < -0.3 is 9.31 Å². The summed E-state index contributed by atoms with van der Waals surface area (Å²) in [6.45, 7) is 7.71. The van der Waals surface area contributed by atoms with Gasteiger partial charge in [0.2, 0.25) is 5.52 Å². The van der Waals surface area contributed by atoms with E-state index in [9.17, 15) is 10.1 Å². The Bertz CT molecular complexity index is 711. The summed E-state index contributed by atoms with van der Waals surface area (Å²) >= 11 is 0. The number of aromatic nitrogens is 2. The molecule has 0 N–H and O–H groups in total. The van der Waals surface area contributed by atoms with E-state index in [-0.39, 0.29) is 16.7 Å². The van der Waals surface area contributed by atoms with Crippen LogP contribution in [0.5, 0.6) is 0 Å². The minimum atomic E-state index is -0.676. The predicted molar refractivity (Wildman–Crippen MR) is 74.2 cm³/mol. The molecule has 0 bridgehead atoms. The summed E-state index contributed by atoms with van der Waals surface area (Å²) in [5, 5.41) is 18.3. The van der Waals surface area contributed by atoms with Crippen LogP contribution in [0, 0.1) is 10.1 Å². The molecule has 2 aromatic rings. The van der Waals surface area contributed by atoms with Gasteiger partial charge in [0.1, 0.15) is 5.52 Å². The summed E-state index contributed by atoms with van der Waals surface area (Å²) in [5.74, 6) is 0. The molecular formula is C12H14BN3O5. The monoisotopic (exact) mass is 291 g/mol. The average Bonchev–Trinajstić information content (AvgIpc) is 2.91. The molecule has 110 valence electrons. The molecule has 3 rings (SSSR count). The largest absolute Gasteiger partial charge is 0.497 e. The molecule has 0 radical (unpaired) electrons. The second kappa shape index (κ2) is 4.25. The maximum atomic E-state index is 11.0. The van der Waals surface area contributed by atoms with Gasteiger partial charge in [0.15, 0.2) is 0 Å². The first kappa shape index (κ1) is 14.0. The molecule has 0 saturated carbocycles. The first-order chi connectivity index (χ1) is 9.73. The Morgan fingerprint density at radius 2 is 1.67 bits per heavy atom. The standard InChI is InChI=1S/C12H14BN3O5/c1-11(2)12(3,4)20-13(19-11)7-5-6-8(16(17)18)10-9(7)14-21-15-10/h5-6H,1-4H3. The zero-order valence-corrected chi connectivity index (χ0v) is 12.1. The Hall–Kier alpha value is -2.00. The Kier molecular flexibility index (Phi) is 2.83. The van der Waals surface area contributed by atoms with Crippen molar-refractivity contribution in [2.45, 2.75) is 38.9 Å². The van der Waals surface area contributed by atoms with Gasteiger partial charge in [0.05, 0.1) is 16.1 Å². The second-order valence-electron chi connectivity index (χ2n) is 5.98. The number of nitro benzene ring substituents is 1. The fourth-order valence-corrected chi connectivity index (χ4v) is 2.18. The first-order valence-corrected chi connectivity index (χ1v) is 6.48. The summed E-state index contributed by atoms with van der Waals surface area (Å²) in [5.41, 5.74) is -0.247. The van der Waals surface area contributed by atoms with Crippen LogP contribution in [0.4, 0.5) is 5.69 Å². The number of hydrogen-bond acceptors (Lipinski definition) is 7. The van der Waals surface area contributed by atoms with Crippen LogP contribution in [0.2, 0.25) is 0 Å². The van der Waals surface area contributed by atoms with Gasteiger partial charge in [-0.3, -0.25) is 10.1 Å². The van der Waals surface area contributed by atoms with Crippen LogP contribution in [-0.2, 0) is 9.31 Å². The third-order valence-corrected chi connectivity index (χ3v) is 4.13. The highest BCUT2D eigenvalue weighted by Crippen LogP contribution is 2.37. The van der Waals surface area contributed by atoms with Crippen molar-refractivity contribution in [2.75, 3.05) is 0 Å². The maximum Gasteiger partial charge on any atom is 0.497 e. The Labute approximate surface area is 120 Å². The van der Waals surface area contributed by atoms with E-state index in [1.165, 1.54) is 6.07 Å². The molecule has 0 amide bonds. The van der Waals surface area contributed by atoms with Gasteiger partial charge in [0.25, 0.3) is 0 Å². The SMILES string of the molecule is CC1(C)OB(c2ccc([N+](=O)[O-])c3nonc23)OC1(C)C. The zero-order chi connectivity index (χ0) is 15.4. The molecule has 1 aromatic carbocycles. The second-order valence-corrected chi connectivity index (χ2v) is 5.98. The lowest BCUT2D eigenvalue weighted by molar-refractivity contribution is -0.383. The van der Waals surface area contributed by atoms with Crippen LogP contribution >= 0.6 is 0 Å². The third kappa shape index (κ3) is 2.00. The molecule has 1 saturated heterocycles. The van der Waals surface area contributed by atoms with Crippen LogP contribution in [0.3, 0.4) is 0 Å². The fraction of sp³-hybridized carbons (Fsp3) is 0.500. The van der Waals surface area contributed by atoms with Crippen LogP contribution in [0.15, 0.2) is 16.8 Å². The Morgan fingerprint density at radius 1 is 1.10 bits per heavy atom. The first-order valence-electron chi connectivity index (χ1n) is 6.48. The van der Waals surface area contributed by atoms with Crippen molar-refractivity contribution >= 4 is 29.3 Å². The lowest BCUT2D eigenvalue weighted by atomic mass is 9.78. The van der Waals surface area contributed by atoms with Gasteiger partial charge in [-0.2, -0.15) is 0 Å². The highest BCUT2D eigenvalue weighted by atomic mass is 16.7. The molecule has 0 unspecified atom stereocenters. The van der Waals surface area contributed by atoms with Crippen LogP contribution in [0.1, 0.15) is 27.7 Å². The number of fused-ring (bicyclic) bond motifs is 1. The van der Waals surface area contributed by atoms with Gasteiger partial charge in [-0.15, -0.1) is 0 Å². The summed E-state index contributed by atoms with van der Waals surface area (Å²) in [6.07, 6.45) is 0. The molecule has 0 aliphatic carbocycles. The molecule has 21 heavy (non-hydrogen) atoms. The molecule has 9 heteroatoms. The van der Waals surface area contributed by atoms with Gasteiger partial charge >= 0.3 is 12.8 Å². The van der Waals surface area contributed by atoms with Gasteiger partial charge in [-0.05, 0) is 38.0 Å². The van der Waals surface area contributed by atoms with E-state index < -0.39 is 23.2 Å². The number of hydrogen-bond donors (Lipinski definition) is 0. The normalized spacial score (nSPS) is 20.1. The van der Waals surface area contributed by atoms with E-state index in [1.807, 2.05) is 27.7 Å². The highest BCUT2D eigenvalue weighted by Gasteiger charge is 2.52. The van der Waals surface area contributed by atoms with E-state index in [2.05, 4.69) is 14.9 Å². The minimum absolute atomic E-state index is 0.0900. The van der Waals surface area contributed by atoms with Crippen molar-refractivity contribution in [3.05, 3.63) is 22.2 Å². The average molecular weight is 291 g/mol. The summed E-state index contributed by atoms with van der Waals surface area (Å²) in [6, 6.07) is 2.92. The van der Waals surface area contributed by atoms with Crippen LogP contribution < -0.4 is 5.46 Å². The van der Waals surface area contributed by atoms with E-state index in [4.69, 9.17) is 9.31 Å². The molecular weight excluding hydrogens is 277 g/mol. The predicted octanol–water partition coefficient (Wildman–Crippen LogP) is 1.43. The number of nitro groups is 1. The molecule has 1 aliphatic heterocycles. The van der Waals surface area contributed by atoms with Gasteiger partial charge in [0, 0.05) is 11.5 Å². The summed E-state index contributed by atoms with van der Waals surface area (Å²) < 4.78 is 16.5. The van der Waals surface area contributed by atoms with Crippen molar-refractivity contribution in [2.24, 2.45) is 0 Å². The molecule has 8 nitrogen and oxygen atoms in total. The number of non-ortho nitro benzene ring substituents is 1. The van der Waals surface area contributed by atoms with Gasteiger partial charge in [-0.1, -0.05) is 6.07 Å². The number of benzene rings is 1. The molecule has 1 fully saturated rings. The number of rotatable bonds is 2. The number of nitrogens with zero attached hydrogens (tertiary/aromatic N) is 3. The zero-order valence-electron chi connectivity index (χ0n) is 12.1. The Morgan fingerprint density at radius 3 is 2.24 bits per heavy atom. The molecule has 0 spiro atoms. The lowest BCUT2D eigenvalue weighted by Gasteiger charge is -2.32. The quantitative estimate of drug-likeness (QED) is 0.468.